The van der Waals surface area contributed by atoms with E-state index in [4.69, 9.17) is 0 Å². The quantitative estimate of drug-likeness (QED) is 0.774. The number of halogens is 1. The van der Waals surface area contributed by atoms with Crippen molar-refractivity contribution in [3.63, 3.8) is 0 Å². The maximum atomic E-state index is 12.4. The van der Waals surface area contributed by atoms with Gasteiger partial charge in [0.05, 0.1) is 0 Å². The number of amides is 1. The molecule has 3 heteroatoms. The molecule has 1 aromatic carbocycles. The van der Waals surface area contributed by atoms with Crippen molar-refractivity contribution in [3.05, 3.63) is 33.3 Å². The summed E-state index contributed by atoms with van der Waals surface area (Å²) in [4.78, 5) is 14.4. The zero-order valence-corrected chi connectivity index (χ0v) is 12.0. The van der Waals surface area contributed by atoms with E-state index in [9.17, 15) is 4.79 Å². The fourth-order valence-corrected chi connectivity index (χ4v) is 2.67. The Kier molecular flexibility index (Phi) is 3.87. The highest BCUT2D eigenvalue weighted by Gasteiger charge is 2.20. The average Bonchev–Trinajstić information content (AvgIpc) is 2.34. The standard InChI is InChI=1S/C14H18BrNO/c1-10-8-11(2)13(15)9-12(10)14(17)16-6-4-3-5-7-16/h8-9H,3-7H2,1-2H3. The Labute approximate surface area is 111 Å². The summed E-state index contributed by atoms with van der Waals surface area (Å²) in [7, 11) is 0. The van der Waals surface area contributed by atoms with Gasteiger partial charge in [0, 0.05) is 23.1 Å². The topological polar surface area (TPSA) is 20.3 Å². The number of rotatable bonds is 1. The van der Waals surface area contributed by atoms with Crippen LogP contribution in [0.25, 0.3) is 0 Å². The molecule has 0 N–H and O–H groups in total. The number of hydrogen-bond acceptors (Lipinski definition) is 1. The summed E-state index contributed by atoms with van der Waals surface area (Å²) in [6.45, 7) is 5.87. The van der Waals surface area contributed by atoms with Crippen molar-refractivity contribution < 1.29 is 4.79 Å². The van der Waals surface area contributed by atoms with Crippen LogP contribution in [0.2, 0.25) is 0 Å². The summed E-state index contributed by atoms with van der Waals surface area (Å²) in [5.74, 6) is 0.183. The zero-order valence-electron chi connectivity index (χ0n) is 10.4. The molecule has 1 amide bonds. The fourth-order valence-electron chi connectivity index (χ4n) is 2.32. The molecular weight excluding hydrogens is 278 g/mol. The summed E-state index contributed by atoms with van der Waals surface area (Å²) in [6.07, 6.45) is 3.52. The van der Waals surface area contributed by atoms with E-state index in [1.807, 2.05) is 24.8 Å². The number of piperidine rings is 1. The minimum absolute atomic E-state index is 0.183. The van der Waals surface area contributed by atoms with Crippen molar-refractivity contribution >= 4 is 21.8 Å². The molecule has 2 rings (SSSR count). The molecule has 1 aliphatic rings. The van der Waals surface area contributed by atoms with Gasteiger partial charge in [-0.25, -0.2) is 0 Å². The van der Waals surface area contributed by atoms with Crippen LogP contribution in [0.5, 0.6) is 0 Å². The maximum absolute atomic E-state index is 12.4. The SMILES string of the molecule is Cc1cc(C)c(C(=O)N2CCCCC2)cc1Br. The highest BCUT2D eigenvalue weighted by atomic mass is 79.9. The highest BCUT2D eigenvalue weighted by molar-refractivity contribution is 9.10. The second-order valence-electron chi connectivity index (χ2n) is 4.77. The zero-order chi connectivity index (χ0) is 12.4. The highest BCUT2D eigenvalue weighted by Crippen LogP contribution is 2.23. The van der Waals surface area contributed by atoms with Gasteiger partial charge >= 0.3 is 0 Å². The van der Waals surface area contributed by atoms with E-state index in [2.05, 4.69) is 22.0 Å². The Hall–Kier alpha value is -0.830. The van der Waals surface area contributed by atoms with E-state index in [0.717, 1.165) is 41.5 Å². The molecule has 0 bridgehead atoms. The van der Waals surface area contributed by atoms with Crippen LogP contribution in [0, 0.1) is 13.8 Å². The predicted molar refractivity (Wildman–Crippen MR) is 73.4 cm³/mol. The third kappa shape index (κ3) is 2.71. The van der Waals surface area contributed by atoms with E-state index < -0.39 is 0 Å². The van der Waals surface area contributed by atoms with Gasteiger partial charge in [-0.15, -0.1) is 0 Å². The van der Waals surface area contributed by atoms with Crippen molar-refractivity contribution in [3.8, 4) is 0 Å². The summed E-state index contributed by atoms with van der Waals surface area (Å²) in [6, 6.07) is 4.03. The van der Waals surface area contributed by atoms with Gasteiger partial charge in [0.25, 0.3) is 5.91 Å². The fraction of sp³-hybridized carbons (Fsp3) is 0.500. The van der Waals surface area contributed by atoms with Crippen molar-refractivity contribution in [2.75, 3.05) is 13.1 Å². The molecule has 0 atom stereocenters. The molecule has 1 fully saturated rings. The minimum Gasteiger partial charge on any atom is -0.339 e. The van der Waals surface area contributed by atoms with Crippen molar-refractivity contribution in [1.29, 1.82) is 0 Å². The Morgan fingerprint density at radius 1 is 1.12 bits per heavy atom. The third-order valence-corrected chi connectivity index (χ3v) is 4.23. The monoisotopic (exact) mass is 295 g/mol. The van der Waals surface area contributed by atoms with Crippen LogP contribution in [-0.2, 0) is 0 Å². The second-order valence-corrected chi connectivity index (χ2v) is 5.62. The molecular formula is C14H18BrNO. The Morgan fingerprint density at radius 2 is 1.76 bits per heavy atom. The first-order chi connectivity index (χ1) is 8.09. The molecule has 0 radical (unpaired) electrons. The molecule has 1 saturated heterocycles. The molecule has 1 aromatic rings. The third-order valence-electron chi connectivity index (χ3n) is 3.38. The molecule has 92 valence electrons. The van der Waals surface area contributed by atoms with Crippen LogP contribution < -0.4 is 0 Å². The molecule has 0 aliphatic carbocycles. The lowest BCUT2D eigenvalue weighted by Gasteiger charge is -2.27. The molecule has 0 saturated carbocycles. The van der Waals surface area contributed by atoms with Crippen LogP contribution in [0.4, 0.5) is 0 Å². The first-order valence-corrected chi connectivity index (χ1v) is 6.95. The van der Waals surface area contributed by atoms with Crippen molar-refractivity contribution in [1.82, 2.24) is 4.90 Å². The Bertz CT molecular complexity index is 436. The predicted octanol–water partition coefficient (Wildman–Crippen LogP) is 3.69. The van der Waals surface area contributed by atoms with Gasteiger partial charge in [-0.3, -0.25) is 4.79 Å². The molecule has 0 unspecified atom stereocenters. The van der Waals surface area contributed by atoms with Crippen molar-refractivity contribution in [2.24, 2.45) is 0 Å². The smallest absolute Gasteiger partial charge is 0.254 e. The van der Waals surface area contributed by atoms with Gasteiger partial charge in [0.15, 0.2) is 0 Å². The summed E-state index contributed by atoms with van der Waals surface area (Å²) >= 11 is 3.50. The van der Waals surface area contributed by atoms with E-state index in [-0.39, 0.29) is 5.91 Å². The normalized spacial score (nSPS) is 16.1. The van der Waals surface area contributed by atoms with Gasteiger partial charge in [-0.1, -0.05) is 22.0 Å². The van der Waals surface area contributed by atoms with E-state index in [1.54, 1.807) is 0 Å². The van der Waals surface area contributed by atoms with Crippen LogP contribution in [0.3, 0.4) is 0 Å². The lowest BCUT2D eigenvalue weighted by atomic mass is 10.0. The number of likely N-dealkylation sites (tertiary alicyclic amines) is 1. The number of carbonyl (C=O) groups excluding carboxylic acids is 1. The Balaban J connectivity index is 2.26. The van der Waals surface area contributed by atoms with Gasteiger partial charge in [-0.2, -0.15) is 0 Å². The summed E-state index contributed by atoms with van der Waals surface area (Å²) in [5.41, 5.74) is 3.09. The summed E-state index contributed by atoms with van der Waals surface area (Å²) < 4.78 is 1.02. The van der Waals surface area contributed by atoms with Crippen LogP contribution in [0.15, 0.2) is 16.6 Å². The largest absolute Gasteiger partial charge is 0.339 e. The second kappa shape index (κ2) is 5.21. The molecule has 17 heavy (non-hydrogen) atoms. The first kappa shape index (κ1) is 12.6. The number of hydrogen-bond donors (Lipinski definition) is 0. The molecule has 0 spiro atoms. The Morgan fingerprint density at radius 3 is 2.41 bits per heavy atom. The van der Waals surface area contributed by atoms with Crippen molar-refractivity contribution in [2.45, 2.75) is 33.1 Å². The van der Waals surface area contributed by atoms with Crippen LogP contribution in [0.1, 0.15) is 40.7 Å². The molecule has 0 aromatic heterocycles. The van der Waals surface area contributed by atoms with E-state index in [1.165, 1.54) is 12.0 Å². The minimum atomic E-state index is 0.183. The van der Waals surface area contributed by atoms with Crippen LogP contribution >= 0.6 is 15.9 Å². The number of carbonyl (C=O) groups is 1. The molecule has 1 heterocycles. The lowest BCUT2D eigenvalue weighted by molar-refractivity contribution is 0.0723. The van der Waals surface area contributed by atoms with Crippen LogP contribution in [-0.4, -0.2) is 23.9 Å². The van der Waals surface area contributed by atoms with E-state index in [0.29, 0.717) is 0 Å². The lowest BCUT2D eigenvalue weighted by Crippen LogP contribution is -2.36. The average molecular weight is 296 g/mol. The van der Waals surface area contributed by atoms with Gasteiger partial charge in [-0.05, 0) is 50.3 Å². The number of aryl methyl sites for hydroxylation is 2. The maximum Gasteiger partial charge on any atom is 0.254 e. The van der Waals surface area contributed by atoms with Gasteiger partial charge < -0.3 is 4.90 Å². The van der Waals surface area contributed by atoms with Gasteiger partial charge in [0.1, 0.15) is 0 Å². The number of benzene rings is 1. The molecule has 1 aliphatic heterocycles. The number of nitrogens with zero attached hydrogens (tertiary/aromatic N) is 1. The summed E-state index contributed by atoms with van der Waals surface area (Å²) in [5, 5.41) is 0. The molecule has 2 nitrogen and oxygen atoms in total. The van der Waals surface area contributed by atoms with Gasteiger partial charge in [0.2, 0.25) is 0 Å². The first-order valence-electron chi connectivity index (χ1n) is 6.15. The van der Waals surface area contributed by atoms with E-state index >= 15 is 0 Å².